The van der Waals surface area contributed by atoms with E-state index in [0.717, 1.165) is 77.0 Å². The topological polar surface area (TPSA) is 78.9 Å². The van der Waals surface area contributed by atoms with Crippen LogP contribution in [0.3, 0.4) is 0 Å². The van der Waals surface area contributed by atoms with E-state index in [1.807, 2.05) is 0 Å². The average molecular weight is 919 g/mol. The van der Waals surface area contributed by atoms with Crippen LogP contribution in [0.2, 0.25) is 0 Å². The molecule has 0 bridgehead atoms. The summed E-state index contributed by atoms with van der Waals surface area (Å²) in [5.74, 6) is -0.962. The molecule has 0 aromatic rings. The minimum atomic E-state index is -0.802. The summed E-state index contributed by atoms with van der Waals surface area (Å²) in [5, 5.41) is 0. The molecule has 0 heterocycles. The zero-order chi connectivity index (χ0) is 47.9. The fourth-order valence-electron chi connectivity index (χ4n) is 7.55. The van der Waals surface area contributed by atoms with Gasteiger partial charge in [-0.1, -0.05) is 247 Å². The standard InChI is InChI=1S/C60H102O6/c1-4-7-10-13-16-19-22-25-28-30-33-35-38-41-44-47-50-53-59(62)65-56-57(55-64-58(61)52-49-46-43-40-37-34-31-27-24-21-18-15-12-9-6-3)66-60(63)54-51-48-45-42-39-36-32-29-26-23-20-17-14-11-8-5-2/h9,12,15-16,18-19,21,24-25,28,33,35,41,44,57H,4-8,10-11,13-14,17,20,22-23,26-27,29-32,34,36-40,42-43,45-56H2,1-3H3/b12-9-,18-15-,19-16-,24-21-,28-25-,35-33-,44-41-. The zero-order valence-electron chi connectivity index (χ0n) is 43.2. The fourth-order valence-corrected chi connectivity index (χ4v) is 7.55. The highest BCUT2D eigenvalue weighted by atomic mass is 16.6. The van der Waals surface area contributed by atoms with Crippen LogP contribution in [0.1, 0.15) is 258 Å². The molecular formula is C60H102O6. The average Bonchev–Trinajstić information content (AvgIpc) is 3.31. The molecule has 0 aliphatic rings. The van der Waals surface area contributed by atoms with E-state index in [9.17, 15) is 14.4 Å². The van der Waals surface area contributed by atoms with Gasteiger partial charge in [-0.2, -0.15) is 0 Å². The van der Waals surface area contributed by atoms with Crippen molar-refractivity contribution in [3.05, 3.63) is 85.1 Å². The highest BCUT2D eigenvalue weighted by molar-refractivity contribution is 5.71. The molecule has 66 heavy (non-hydrogen) atoms. The number of carbonyl (C=O) groups is 3. The Hall–Kier alpha value is -3.41. The molecule has 0 radical (unpaired) electrons. The van der Waals surface area contributed by atoms with E-state index in [0.29, 0.717) is 19.3 Å². The smallest absolute Gasteiger partial charge is 0.306 e. The Balaban J connectivity index is 4.47. The molecule has 378 valence electrons. The van der Waals surface area contributed by atoms with Gasteiger partial charge in [-0.25, -0.2) is 0 Å². The summed E-state index contributed by atoms with van der Waals surface area (Å²) in [5.41, 5.74) is 0. The Morgan fingerprint density at radius 2 is 0.667 bits per heavy atom. The number of rotatable bonds is 49. The number of ether oxygens (including phenoxy) is 3. The number of hydrogen-bond acceptors (Lipinski definition) is 6. The Morgan fingerprint density at radius 3 is 1.14 bits per heavy atom. The second kappa shape index (κ2) is 54.2. The van der Waals surface area contributed by atoms with Crippen LogP contribution in [0.25, 0.3) is 0 Å². The maximum absolute atomic E-state index is 12.8. The Morgan fingerprint density at radius 1 is 0.333 bits per heavy atom. The predicted octanol–water partition coefficient (Wildman–Crippen LogP) is 18.4. The first-order valence-corrected chi connectivity index (χ1v) is 27.6. The van der Waals surface area contributed by atoms with Crippen molar-refractivity contribution in [2.75, 3.05) is 13.2 Å². The number of esters is 3. The van der Waals surface area contributed by atoms with Gasteiger partial charge in [0.2, 0.25) is 0 Å². The predicted molar refractivity (Wildman–Crippen MR) is 284 cm³/mol. The van der Waals surface area contributed by atoms with Gasteiger partial charge in [-0.15, -0.1) is 0 Å². The van der Waals surface area contributed by atoms with E-state index in [4.69, 9.17) is 14.2 Å². The van der Waals surface area contributed by atoms with Crippen molar-refractivity contribution in [2.45, 2.75) is 264 Å². The molecule has 1 atom stereocenters. The Bertz CT molecular complexity index is 1290. The molecule has 1 unspecified atom stereocenters. The molecule has 0 fully saturated rings. The normalized spacial score (nSPS) is 12.7. The largest absolute Gasteiger partial charge is 0.462 e. The van der Waals surface area contributed by atoms with Gasteiger partial charge < -0.3 is 14.2 Å². The second-order valence-corrected chi connectivity index (χ2v) is 18.2. The minimum absolute atomic E-state index is 0.0985. The van der Waals surface area contributed by atoms with E-state index in [2.05, 4.69) is 106 Å². The molecule has 6 nitrogen and oxygen atoms in total. The molecule has 0 saturated heterocycles. The van der Waals surface area contributed by atoms with Crippen LogP contribution in [0, 0.1) is 0 Å². The molecule has 0 rings (SSSR count). The first-order chi connectivity index (χ1) is 32.5. The maximum atomic E-state index is 12.8. The number of allylic oxidation sites excluding steroid dienone is 14. The van der Waals surface area contributed by atoms with Gasteiger partial charge in [-0.3, -0.25) is 14.4 Å². The highest BCUT2D eigenvalue weighted by Gasteiger charge is 2.19. The van der Waals surface area contributed by atoms with Crippen LogP contribution >= 0.6 is 0 Å². The fraction of sp³-hybridized carbons (Fsp3) is 0.717. The summed E-state index contributed by atoms with van der Waals surface area (Å²) in [6.07, 6.45) is 70.0. The molecule has 0 saturated carbocycles. The van der Waals surface area contributed by atoms with Crippen molar-refractivity contribution in [3.63, 3.8) is 0 Å². The number of unbranched alkanes of at least 4 members (excludes halogenated alkanes) is 26. The number of carbonyl (C=O) groups excluding carboxylic acids is 3. The van der Waals surface area contributed by atoms with E-state index in [1.165, 1.54) is 135 Å². The lowest BCUT2D eigenvalue weighted by Crippen LogP contribution is -2.30. The molecule has 0 aliphatic heterocycles. The van der Waals surface area contributed by atoms with Crippen molar-refractivity contribution in [2.24, 2.45) is 0 Å². The molecule has 0 N–H and O–H groups in total. The summed E-state index contributed by atoms with van der Waals surface area (Å²) in [7, 11) is 0. The van der Waals surface area contributed by atoms with Gasteiger partial charge in [0.15, 0.2) is 6.10 Å². The van der Waals surface area contributed by atoms with E-state index in [1.54, 1.807) is 0 Å². The van der Waals surface area contributed by atoms with Gasteiger partial charge in [0.1, 0.15) is 13.2 Å². The number of hydrogen-bond donors (Lipinski definition) is 0. The quantitative estimate of drug-likeness (QED) is 0.0199. The third-order valence-corrected chi connectivity index (χ3v) is 11.7. The molecule has 0 spiro atoms. The molecule has 0 amide bonds. The Kier molecular flexibility index (Phi) is 51.4. The van der Waals surface area contributed by atoms with Gasteiger partial charge in [0.05, 0.1) is 0 Å². The van der Waals surface area contributed by atoms with Gasteiger partial charge >= 0.3 is 17.9 Å². The van der Waals surface area contributed by atoms with E-state index >= 15 is 0 Å². The van der Waals surface area contributed by atoms with Gasteiger partial charge in [0, 0.05) is 19.3 Å². The molecule has 0 aliphatic carbocycles. The van der Waals surface area contributed by atoms with Crippen molar-refractivity contribution in [1.29, 1.82) is 0 Å². The van der Waals surface area contributed by atoms with Crippen molar-refractivity contribution in [1.82, 2.24) is 0 Å². The molecule has 6 heteroatoms. The lowest BCUT2D eigenvalue weighted by Gasteiger charge is -2.18. The molecule has 0 aromatic carbocycles. The van der Waals surface area contributed by atoms with Crippen molar-refractivity contribution >= 4 is 17.9 Å². The first-order valence-electron chi connectivity index (χ1n) is 27.6. The van der Waals surface area contributed by atoms with Gasteiger partial charge in [-0.05, 0) is 77.0 Å². The van der Waals surface area contributed by atoms with Crippen LogP contribution in [0.15, 0.2) is 85.1 Å². The third-order valence-electron chi connectivity index (χ3n) is 11.7. The van der Waals surface area contributed by atoms with Crippen LogP contribution in [0.5, 0.6) is 0 Å². The molecule has 0 aromatic heterocycles. The van der Waals surface area contributed by atoms with E-state index in [-0.39, 0.29) is 37.5 Å². The second-order valence-electron chi connectivity index (χ2n) is 18.2. The lowest BCUT2D eigenvalue weighted by atomic mass is 10.0. The van der Waals surface area contributed by atoms with Crippen LogP contribution < -0.4 is 0 Å². The monoisotopic (exact) mass is 919 g/mol. The van der Waals surface area contributed by atoms with Crippen molar-refractivity contribution < 1.29 is 28.6 Å². The summed E-state index contributed by atoms with van der Waals surface area (Å²) >= 11 is 0. The highest BCUT2D eigenvalue weighted by Crippen LogP contribution is 2.15. The maximum Gasteiger partial charge on any atom is 0.306 e. The third kappa shape index (κ3) is 51.6. The first kappa shape index (κ1) is 62.6. The van der Waals surface area contributed by atoms with Gasteiger partial charge in [0.25, 0.3) is 0 Å². The van der Waals surface area contributed by atoms with Crippen molar-refractivity contribution in [3.8, 4) is 0 Å². The minimum Gasteiger partial charge on any atom is -0.462 e. The van der Waals surface area contributed by atoms with Crippen LogP contribution in [-0.4, -0.2) is 37.2 Å². The Labute approximate surface area is 407 Å². The molecular weight excluding hydrogens is 817 g/mol. The van der Waals surface area contributed by atoms with Crippen LogP contribution in [0.4, 0.5) is 0 Å². The van der Waals surface area contributed by atoms with E-state index < -0.39 is 6.10 Å². The SMILES string of the molecule is CC\C=C/C=C\C=C/CCCCCCCCCC(=O)OCC(COC(=O)CCC/C=C\C/C=C\C/C=C\C/C=C\CCCCC)OC(=O)CCCCCCCCCCCCCCCCCC. The summed E-state index contributed by atoms with van der Waals surface area (Å²) in [6, 6.07) is 0. The zero-order valence-corrected chi connectivity index (χ0v) is 43.2. The summed E-state index contributed by atoms with van der Waals surface area (Å²) < 4.78 is 16.8. The van der Waals surface area contributed by atoms with Crippen LogP contribution in [-0.2, 0) is 28.6 Å². The lowest BCUT2D eigenvalue weighted by molar-refractivity contribution is -0.167. The summed E-state index contributed by atoms with van der Waals surface area (Å²) in [6.45, 7) is 6.44. The summed E-state index contributed by atoms with van der Waals surface area (Å²) in [4.78, 5) is 38.1.